The van der Waals surface area contributed by atoms with Gasteiger partial charge in [0.2, 0.25) is 11.9 Å². The molecular formula is C27H31ClN8O2. The Morgan fingerprint density at radius 1 is 1.00 bits per heavy atom. The molecule has 1 amide bonds. The van der Waals surface area contributed by atoms with Crippen LogP contribution in [-0.2, 0) is 4.74 Å². The van der Waals surface area contributed by atoms with Crippen LogP contribution in [0.3, 0.4) is 0 Å². The molecule has 0 spiro atoms. The lowest BCUT2D eigenvalue weighted by atomic mass is 9.77. The van der Waals surface area contributed by atoms with Gasteiger partial charge >= 0.3 is 0 Å². The normalized spacial score (nSPS) is 24.2. The first-order valence-corrected chi connectivity index (χ1v) is 13.5. The second kappa shape index (κ2) is 10.8. The quantitative estimate of drug-likeness (QED) is 0.509. The maximum absolute atomic E-state index is 13.9. The van der Waals surface area contributed by atoms with Crippen LogP contribution >= 0.6 is 11.6 Å². The smallest absolute Gasteiger partial charge is 0.254 e. The third kappa shape index (κ3) is 5.03. The zero-order valence-corrected chi connectivity index (χ0v) is 21.8. The first-order valence-electron chi connectivity index (χ1n) is 13.1. The number of ether oxygens (including phenoxy) is 1. The molecule has 1 aromatic carbocycles. The molecule has 11 heteroatoms. The van der Waals surface area contributed by atoms with Gasteiger partial charge in [-0.2, -0.15) is 0 Å². The summed E-state index contributed by atoms with van der Waals surface area (Å²) >= 11 is 6.26. The number of nitrogens with two attached hydrogens (primary N) is 1. The Labute approximate surface area is 226 Å². The number of aromatic nitrogens is 4. The van der Waals surface area contributed by atoms with Crippen molar-refractivity contribution in [2.45, 2.75) is 37.3 Å². The summed E-state index contributed by atoms with van der Waals surface area (Å²) in [4.78, 5) is 34.0. The lowest BCUT2D eigenvalue weighted by molar-refractivity contribution is 0.0108. The van der Waals surface area contributed by atoms with Crippen LogP contribution in [0.25, 0.3) is 0 Å². The highest BCUT2D eigenvalue weighted by atomic mass is 35.5. The van der Waals surface area contributed by atoms with Gasteiger partial charge in [0.1, 0.15) is 0 Å². The van der Waals surface area contributed by atoms with E-state index in [1.165, 1.54) is 0 Å². The van der Waals surface area contributed by atoms with Crippen LogP contribution in [-0.4, -0.2) is 80.7 Å². The predicted octanol–water partition coefficient (Wildman–Crippen LogP) is 3.03. The monoisotopic (exact) mass is 534 g/mol. The third-order valence-corrected chi connectivity index (χ3v) is 7.92. The summed E-state index contributed by atoms with van der Waals surface area (Å²) in [7, 11) is 0. The largest absolute Gasteiger partial charge is 0.379 e. The first-order chi connectivity index (χ1) is 18.6. The molecule has 10 nitrogen and oxygen atoms in total. The van der Waals surface area contributed by atoms with E-state index in [-0.39, 0.29) is 29.9 Å². The Morgan fingerprint density at radius 3 is 2.42 bits per heavy atom. The molecule has 2 aliphatic heterocycles. The number of hydrogen-bond acceptors (Lipinski definition) is 9. The predicted molar refractivity (Wildman–Crippen MR) is 143 cm³/mol. The number of nitrogens with zero attached hydrogens (tertiary/aromatic N) is 7. The molecular weight excluding hydrogens is 504 g/mol. The second-order valence-electron chi connectivity index (χ2n) is 10.1. The number of morpholine rings is 1. The van der Waals surface area contributed by atoms with Crippen molar-refractivity contribution < 1.29 is 9.53 Å². The summed E-state index contributed by atoms with van der Waals surface area (Å²) in [6.45, 7) is 3.35. The van der Waals surface area contributed by atoms with Crippen LogP contribution < -0.4 is 10.7 Å². The fourth-order valence-corrected chi connectivity index (χ4v) is 6.10. The van der Waals surface area contributed by atoms with Gasteiger partial charge in [-0.25, -0.2) is 24.9 Å². The molecule has 38 heavy (non-hydrogen) atoms. The van der Waals surface area contributed by atoms with E-state index in [9.17, 15) is 4.79 Å². The number of benzene rings is 1. The molecule has 3 aliphatic rings. The molecule has 3 aromatic rings. The van der Waals surface area contributed by atoms with Crippen molar-refractivity contribution in [2.24, 2.45) is 5.92 Å². The molecule has 198 valence electrons. The number of likely N-dealkylation sites (tertiary alicyclic amines) is 1. The van der Waals surface area contributed by atoms with Crippen molar-refractivity contribution in [3.63, 3.8) is 0 Å². The Hall–Kier alpha value is -3.34. The maximum atomic E-state index is 13.9. The molecule has 6 rings (SSSR count). The van der Waals surface area contributed by atoms with Gasteiger partial charge in [0.25, 0.3) is 5.91 Å². The number of halogens is 1. The highest BCUT2D eigenvalue weighted by Crippen LogP contribution is 2.48. The van der Waals surface area contributed by atoms with E-state index in [0.29, 0.717) is 42.2 Å². The summed E-state index contributed by atoms with van der Waals surface area (Å²) in [6.07, 6.45) is 10.0. The average molecular weight is 535 g/mol. The van der Waals surface area contributed by atoms with Gasteiger partial charge in [-0.3, -0.25) is 9.80 Å². The Kier molecular flexibility index (Phi) is 7.10. The molecule has 2 saturated heterocycles. The van der Waals surface area contributed by atoms with Crippen molar-refractivity contribution >= 4 is 29.4 Å². The lowest BCUT2D eigenvalue weighted by Gasteiger charge is -2.52. The maximum Gasteiger partial charge on any atom is 0.254 e. The second-order valence-corrected chi connectivity index (χ2v) is 10.5. The van der Waals surface area contributed by atoms with Crippen LogP contribution in [0.15, 0.2) is 55.1 Å². The number of nitrogen functional groups attached to an aromatic ring is 1. The van der Waals surface area contributed by atoms with Gasteiger partial charge in [0.05, 0.1) is 19.3 Å². The van der Waals surface area contributed by atoms with E-state index >= 15 is 0 Å². The molecule has 3 atom stereocenters. The third-order valence-electron chi connectivity index (χ3n) is 7.69. The topological polar surface area (TPSA) is 114 Å². The molecule has 1 saturated carbocycles. The number of hydrogen-bond donors (Lipinski definition) is 1. The minimum atomic E-state index is -0.0772. The zero-order chi connectivity index (χ0) is 26.1. The molecule has 2 N–H and O–H groups in total. The number of rotatable bonds is 6. The van der Waals surface area contributed by atoms with E-state index < -0.39 is 0 Å². The van der Waals surface area contributed by atoms with E-state index in [2.05, 4.69) is 30.0 Å². The Balaban J connectivity index is 1.44. The fraction of sp³-hybridized carbons (Fsp3) is 0.444. The number of amides is 1. The van der Waals surface area contributed by atoms with Crippen LogP contribution in [0.4, 0.5) is 11.9 Å². The van der Waals surface area contributed by atoms with Gasteiger partial charge in [-0.05, 0) is 55.0 Å². The molecule has 3 unspecified atom stereocenters. The Bertz CT molecular complexity index is 1250. The average Bonchev–Trinajstić information content (AvgIpc) is 3.80. The van der Waals surface area contributed by atoms with Crippen LogP contribution in [0.1, 0.15) is 41.1 Å². The fourth-order valence-electron chi connectivity index (χ4n) is 5.91. The van der Waals surface area contributed by atoms with Crippen molar-refractivity contribution in [3.8, 4) is 0 Å². The number of anilines is 2. The highest BCUT2D eigenvalue weighted by Gasteiger charge is 2.51. The lowest BCUT2D eigenvalue weighted by Crippen LogP contribution is -2.63. The number of carbonyl (C=O) groups is 1. The summed E-state index contributed by atoms with van der Waals surface area (Å²) in [6, 6.07) is 8.97. The molecule has 0 radical (unpaired) electrons. The zero-order valence-electron chi connectivity index (χ0n) is 21.1. The van der Waals surface area contributed by atoms with Gasteiger partial charge in [0, 0.05) is 67.0 Å². The van der Waals surface area contributed by atoms with Gasteiger partial charge in [-0.15, -0.1) is 0 Å². The molecule has 3 fully saturated rings. The Morgan fingerprint density at radius 2 is 1.74 bits per heavy atom. The van der Waals surface area contributed by atoms with Gasteiger partial charge in [-0.1, -0.05) is 17.7 Å². The van der Waals surface area contributed by atoms with Crippen molar-refractivity contribution in [1.29, 1.82) is 0 Å². The van der Waals surface area contributed by atoms with Crippen LogP contribution in [0.5, 0.6) is 0 Å². The molecule has 0 bridgehead atoms. The minimum absolute atomic E-state index is 0.00176. The van der Waals surface area contributed by atoms with E-state index in [4.69, 9.17) is 22.1 Å². The van der Waals surface area contributed by atoms with Gasteiger partial charge < -0.3 is 15.4 Å². The molecule has 4 heterocycles. The molecule has 2 aromatic heterocycles. The minimum Gasteiger partial charge on any atom is -0.379 e. The van der Waals surface area contributed by atoms with E-state index in [0.717, 1.165) is 37.9 Å². The van der Waals surface area contributed by atoms with Crippen LogP contribution in [0.2, 0.25) is 5.02 Å². The summed E-state index contributed by atoms with van der Waals surface area (Å²) in [5.41, 5.74) is 7.44. The van der Waals surface area contributed by atoms with Crippen molar-refractivity contribution in [2.75, 3.05) is 43.6 Å². The van der Waals surface area contributed by atoms with Crippen LogP contribution in [0, 0.1) is 5.92 Å². The standard InChI is InChI=1S/C27H31ClN8O2/c28-21-4-1-3-19(15-21)25(37)35-10-7-22(23(24(35)18-5-6-18)20-16-32-26(29)33-17-20)36(27-30-8-2-9-31-27)34-11-13-38-14-12-34/h1-4,8-9,15-18,22-24H,5-7,10-14H2,(H2,29,32,33). The van der Waals surface area contributed by atoms with Crippen molar-refractivity contribution in [3.05, 3.63) is 71.3 Å². The summed E-state index contributed by atoms with van der Waals surface area (Å²) in [5.74, 6) is 1.17. The number of carbonyl (C=O) groups excluding carboxylic acids is 1. The van der Waals surface area contributed by atoms with E-state index in [1.807, 2.05) is 35.5 Å². The number of hydrazine groups is 1. The SMILES string of the molecule is Nc1ncc(C2C(C3CC3)N(C(=O)c3cccc(Cl)c3)CCC2N(c2ncccn2)N2CCOCC2)cn1. The van der Waals surface area contributed by atoms with E-state index in [1.54, 1.807) is 24.5 Å². The first kappa shape index (κ1) is 25.0. The summed E-state index contributed by atoms with van der Waals surface area (Å²) in [5, 5.41) is 5.07. The number of piperidine rings is 1. The highest BCUT2D eigenvalue weighted by molar-refractivity contribution is 6.30. The summed E-state index contributed by atoms with van der Waals surface area (Å²) < 4.78 is 5.67. The van der Waals surface area contributed by atoms with Gasteiger partial charge in [0.15, 0.2) is 0 Å². The molecule has 1 aliphatic carbocycles. The van der Waals surface area contributed by atoms with Crippen molar-refractivity contribution in [1.82, 2.24) is 29.8 Å².